The van der Waals surface area contributed by atoms with Crippen LogP contribution in [0.4, 0.5) is 0 Å². The Balaban J connectivity index is 1.45. The van der Waals surface area contributed by atoms with Crippen molar-refractivity contribution in [1.29, 1.82) is 0 Å². The second kappa shape index (κ2) is 4.92. The summed E-state index contributed by atoms with van der Waals surface area (Å²) >= 11 is 0. The van der Waals surface area contributed by atoms with Gasteiger partial charge in [0.05, 0.1) is 18.7 Å². The fourth-order valence-electron chi connectivity index (χ4n) is 2.90. The van der Waals surface area contributed by atoms with Crippen LogP contribution in [0.1, 0.15) is 50.5 Å². The van der Waals surface area contributed by atoms with Crippen molar-refractivity contribution >= 4 is 5.91 Å². The van der Waals surface area contributed by atoms with E-state index >= 15 is 0 Å². The van der Waals surface area contributed by atoms with Crippen LogP contribution in [-0.2, 0) is 11.2 Å². The van der Waals surface area contributed by atoms with Gasteiger partial charge in [-0.15, -0.1) is 0 Å². The molecule has 3 rings (SSSR count). The van der Waals surface area contributed by atoms with Crippen molar-refractivity contribution in [1.82, 2.24) is 4.90 Å². The molecule has 110 valence electrons. The predicted octanol–water partition coefficient (Wildman–Crippen LogP) is 2.32. The van der Waals surface area contributed by atoms with Gasteiger partial charge in [0, 0.05) is 18.8 Å². The molecule has 1 aliphatic carbocycles. The van der Waals surface area contributed by atoms with Crippen molar-refractivity contribution < 1.29 is 14.3 Å². The third-order valence-corrected chi connectivity index (χ3v) is 4.72. The van der Waals surface area contributed by atoms with Crippen molar-refractivity contribution in [3.63, 3.8) is 0 Å². The third-order valence-electron chi connectivity index (χ3n) is 4.72. The van der Waals surface area contributed by atoms with Gasteiger partial charge < -0.3 is 14.4 Å². The first-order valence-electron chi connectivity index (χ1n) is 7.59. The molecule has 4 nitrogen and oxygen atoms in total. The fraction of sp³-hybridized carbons (Fsp3) is 0.688. The van der Waals surface area contributed by atoms with Crippen LogP contribution >= 0.6 is 0 Å². The normalized spacial score (nSPS) is 27.2. The summed E-state index contributed by atoms with van der Waals surface area (Å²) in [5.41, 5.74) is -0.643. The largest absolute Gasteiger partial charge is 0.466 e. The Bertz CT molecular complexity index is 502. The number of aryl methyl sites for hydroxylation is 1. The molecule has 1 saturated carbocycles. The van der Waals surface area contributed by atoms with E-state index in [4.69, 9.17) is 4.42 Å². The molecule has 0 radical (unpaired) electrons. The molecule has 2 unspecified atom stereocenters. The van der Waals surface area contributed by atoms with Gasteiger partial charge in [0.15, 0.2) is 0 Å². The zero-order chi connectivity index (χ0) is 14.3. The van der Waals surface area contributed by atoms with Crippen LogP contribution in [0, 0.1) is 5.92 Å². The Hall–Kier alpha value is -1.29. The Morgan fingerprint density at radius 3 is 2.80 bits per heavy atom. The van der Waals surface area contributed by atoms with Crippen LogP contribution in [0.15, 0.2) is 16.5 Å². The number of furan rings is 1. The zero-order valence-electron chi connectivity index (χ0n) is 12.3. The zero-order valence-corrected chi connectivity index (χ0v) is 12.3. The molecule has 1 saturated heterocycles. The van der Waals surface area contributed by atoms with E-state index in [2.05, 4.69) is 6.92 Å². The number of nitrogens with zero attached hydrogens (tertiary/aromatic N) is 1. The van der Waals surface area contributed by atoms with Crippen LogP contribution < -0.4 is 0 Å². The highest BCUT2D eigenvalue weighted by Gasteiger charge is 2.41. The van der Waals surface area contributed by atoms with Gasteiger partial charge >= 0.3 is 0 Å². The molecule has 1 aromatic rings. The fourth-order valence-corrected chi connectivity index (χ4v) is 2.90. The van der Waals surface area contributed by atoms with Crippen molar-refractivity contribution in [2.24, 2.45) is 5.92 Å². The number of aliphatic hydroxyl groups is 1. The highest BCUT2D eigenvalue weighted by molar-refractivity contribution is 5.77. The number of carbonyl (C=O) groups excluding carboxylic acids is 1. The summed E-state index contributed by atoms with van der Waals surface area (Å²) in [6, 6.07) is 4.04. The molecular weight excluding hydrogens is 254 g/mol. The molecule has 1 aromatic heterocycles. The molecule has 20 heavy (non-hydrogen) atoms. The number of hydrogen-bond acceptors (Lipinski definition) is 3. The van der Waals surface area contributed by atoms with Crippen molar-refractivity contribution in [2.45, 2.75) is 51.0 Å². The first-order chi connectivity index (χ1) is 9.50. The smallest absolute Gasteiger partial charge is 0.223 e. The molecule has 0 aromatic carbocycles. The SMILES string of the molecule is CCC1(O)CN(C(=O)CCc2ccc(C3CC3C)o2)C1. The standard InChI is InChI=1S/C16H23NO3/c1-3-16(19)9-17(10-16)15(18)7-5-12-4-6-14(20-12)13-8-11(13)2/h4,6,11,13,19H,3,5,7-10H2,1-2H3. The molecular formula is C16H23NO3. The monoisotopic (exact) mass is 277 g/mol. The van der Waals surface area contributed by atoms with Gasteiger partial charge in [0.1, 0.15) is 11.5 Å². The molecule has 1 N–H and O–H groups in total. The number of amides is 1. The summed E-state index contributed by atoms with van der Waals surface area (Å²) < 4.78 is 5.80. The highest BCUT2D eigenvalue weighted by Crippen LogP contribution is 2.47. The molecule has 2 aliphatic rings. The van der Waals surface area contributed by atoms with E-state index in [0.29, 0.717) is 38.3 Å². The van der Waals surface area contributed by atoms with E-state index in [1.165, 1.54) is 6.42 Å². The van der Waals surface area contributed by atoms with Gasteiger partial charge in [0.25, 0.3) is 0 Å². The van der Waals surface area contributed by atoms with Crippen molar-refractivity contribution in [3.8, 4) is 0 Å². The van der Waals surface area contributed by atoms with Gasteiger partial charge in [-0.25, -0.2) is 0 Å². The summed E-state index contributed by atoms with van der Waals surface area (Å²) in [6.45, 7) is 5.14. The van der Waals surface area contributed by atoms with E-state index in [1.54, 1.807) is 4.90 Å². The average Bonchev–Trinajstić information content (AvgIpc) is 2.95. The van der Waals surface area contributed by atoms with E-state index in [9.17, 15) is 9.90 Å². The minimum atomic E-state index is -0.643. The minimum Gasteiger partial charge on any atom is -0.466 e. The van der Waals surface area contributed by atoms with Gasteiger partial charge in [0.2, 0.25) is 5.91 Å². The second-order valence-corrected chi connectivity index (χ2v) is 6.45. The van der Waals surface area contributed by atoms with Gasteiger partial charge in [-0.3, -0.25) is 4.79 Å². The van der Waals surface area contributed by atoms with E-state index in [1.807, 2.05) is 19.1 Å². The lowest BCUT2D eigenvalue weighted by Crippen LogP contribution is -2.63. The molecule has 2 heterocycles. The predicted molar refractivity (Wildman–Crippen MR) is 75.4 cm³/mol. The van der Waals surface area contributed by atoms with E-state index in [0.717, 1.165) is 17.4 Å². The summed E-state index contributed by atoms with van der Waals surface area (Å²) in [4.78, 5) is 13.7. The maximum atomic E-state index is 12.0. The van der Waals surface area contributed by atoms with Crippen LogP contribution in [0.5, 0.6) is 0 Å². The van der Waals surface area contributed by atoms with Gasteiger partial charge in [-0.05, 0) is 30.9 Å². The van der Waals surface area contributed by atoms with E-state index in [-0.39, 0.29) is 5.91 Å². The van der Waals surface area contributed by atoms with Crippen LogP contribution in [0.2, 0.25) is 0 Å². The average molecular weight is 277 g/mol. The Morgan fingerprint density at radius 2 is 2.20 bits per heavy atom. The summed E-state index contributed by atoms with van der Waals surface area (Å²) in [5, 5.41) is 9.91. The maximum absolute atomic E-state index is 12.0. The number of β-amino-alcohol motifs (C(OH)–C–C–N with tert-alkyl or cyclic N) is 1. The second-order valence-electron chi connectivity index (χ2n) is 6.45. The number of likely N-dealkylation sites (tertiary alicyclic amines) is 1. The number of rotatable bonds is 5. The molecule has 4 heteroatoms. The topological polar surface area (TPSA) is 53.7 Å². The molecule has 2 atom stereocenters. The molecule has 1 aliphatic heterocycles. The lowest BCUT2D eigenvalue weighted by atomic mass is 9.91. The summed E-state index contributed by atoms with van der Waals surface area (Å²) in [6.07, 6.45) is 3.04. The van der Waals surface area contributed by atoms with Crippen LogP contribution in [0.3, 0.4) is 0 Å². The minimum absolute atomic E-state index is 0.112. The quantitative estimate of drug-likeness (QED) is 0.898. The Kier molecular flexibility index (Phi) is 3.36. The van der Waals surface area contributed by atoms with E-state index < -0.39 is 5.60 Å². The number of hydrogen-bond donors (Lipinski definition) is 1. The van der Waals surface area contributed by atoms with Crippen molar-refractivity contribution in [3.05, 3.63) is 23.7 Å². The Labute approximate surface area is 119 Å². The lowest BCUT2D eigenvalue weighted by molar-refractivity contribution is -0.155. The molecule has 0 spiro atoms. The number of carbonyl (C=O) groups is 1. The molecule has 1 amide bonds. The van der Waals surface area contributed by atoms with Gasteiger partial charge in [-0.2, -0.15) is 0 Å². The van der Waals surface area contributed by atoms with Gasteiger partial charge in [-0.1, -0.05) is 13.8 Å². The third kappa shape index (κ3) is 2.62. The first-order valence-corrected chi connectivity index (χ1v) is 7.59. The summed E-state index contributed by atoms with van der Waals surface area (Å²) in [7, 11) is 0. The molecule has 2 fully saturated rings. The summed E-state index contributed by atoms with van der Waals surface area (Å²) in [5.74, 6) is 3.42. The lowest BCUT2D eigenvalue weighted by Gasteiger charge is -2.46. The highest BCUT2D eigenvalue weighted by atomic mass is 16.3. The first kappa shape index (κ1) is 13.7. The van der Waals surface area contributed by atoms with Crippen LogP contribution in [0.25, 0.3) is 0 Å². The van der Waals surface area contributed by atoms with Crippen molar-refractivity contribution in [2.75, 3.05) is 13.1 Å². The van der Waals surface area contributed by atoms with Crippen LogP contribution in [-0.4, -0.2) is 34.6 Å². The Morgan fingerprint density at radius 1 is 1.50 bits per heavy atom. The maximum Gasteiger partial charge on any atom is 0.223 e. The molecule has 0 bridgehead atoms.